The summed E-state index contributed by atoms with van der Waals surface area (Å²) in [5.41, 5.74) is 6.08. The van der Waals surface area contributed by atoms with Gasteiger partial charge in [0, 0.05) is 24.9 Å². The third-order valence-corrected chi connectivity index (χ3v) is 3.06. The molecule has 2 heterocycles. The molecule has 1 atom stereocenters. The minimum Gasteiger partial charge on any atom is -0.363 e. The molecule has 0 spiro atoms. The number of hydrogen-bond acceptors (Lipinski definition) is 2. The summed E-state index contributed by atoms with van der Waals surface area (Å²) < 4.78 is 27.6. The number of imidazole rings is 1. The number of rotatable bonds is 3. The van der Waals surface area contributed by atoms with E-state index in [-0.39, 0.29) is 18.2 Å². The minimum absolute atomic E-state index is 0.130. The number of aryl methyl sites for hydroxylation is 1. The molecule has 2 rings (SSSR count). The van der Waals surface area contributed by atoms with E-state index in [2.05, 4.69) is 4.98 Å². The Bertz CT molecular complexity index is 436. The van der Waals surface area contributed by atoms with Crippen LogP contribution in [0.4, 0.5) is 8.78 Å². The summed E-state index contributed by atoms with van der Waals surface area (Å²) in [5.74, 6) is -3.24. The van der Waals surface area contributed by atoms with E-state index in [4.69, 9.17) is 5.73 Å². The summed E-state index contributed by atoms with van der Waals surface area (Å²) in [5, 5.41) is 0. The Labute approximate surface area is 97.8 Å². The van der Waals surface area contributed by atoms with Gasteiger partial charge in [0.15, 0.2) is 5.82 Å². The van der Waals surface area contributed by atoms with E-state index < -0.39 is 11.8 Å². The molecule has 0 radical (unpaired) electrons. The van der Waals surface area contributed by atoms with Crippen molar-refractivity contribution >= 4 is 5.91 Å². The van der Waals surface area contributed by atoms with Crippen molar-refractivity contribution in [1.29, 1.82) is 0 Å². The van der Waals surface area contributed by atoms with Gasteiger partial charge in [0.25, 0.3) is 5.91 Å². The molecule has 1 aliphatic heterocycles. The van der Waals surface area contributed by atoms with Crippen molar-refractivity contribution < 1.29 is 13.6 Å². The third kappa shape index (κ3) is 2.62. The predicted octanol–water partition coefficient (Wildman–Crippen LogP) is 1.59. The fourth-order valence-corrected chi connectivity index (χ4v) is 2.39. The van der Waals surface area contributed by atoms with E-state index in [1.165, 1.54) is 0 Å². The highest BCUT2D eigenvalue weighted by atomic mass is 19.3. The molecule has 0 bridgehead atoms. The van der Waals surface area contributed by atoms with Crippen LogP contribution in [0, 0.1) is 5.92 Å². The first-order valence-electron chi connectivity index (χ1n) is 5.59. The summed E-state index contributed by atoms with van der Waals surface area (Å²) >= 11 is 0. The molecule has 0 aromatic carbocycles. The van der Waals surface area contributed by atoms with Crippen LogP contribution >= 0.6 is 0 Å². The van der Waals surface area contributed by atoms with E-state index in [0.29, 0.717) is 19.4 Å². The monoisotopic (exact) mass is 243 g/mol. The fourth-order valence-electron chi connectivity index (χ4n) is 2.39. The highest BCUT2D eigenvalue weighted by Crippen LogP contribution is 2.30. The average Bonchev–Trinajstić information content (AvgIpc) is 2.57. The molecule has 0 saturated carbocycles. The van der Waals surface area contributed by atoms with Crippen molar-refractivity contribution in [3.8, 4) is 0 Å². The van der Waals surface area contributed by atoms with Crippen LogP contribution in [0.2, 0.25) is 0 Å². The second kappa shape index (κ2) is 4.09. The highest BCUT2D eigenvalue weighted by Gasteiger charge is 2.30. The molecule has 1 unspecified atom stereocenters. The first-order valence-corrected chi connectivity index (χ1v) is 5.59. The van der Waals surface area contributed by atoms with Crippen molar-refractivity contribution in [1.82, 2.24) is 9.55 Å². The number of halogens is 2. The van der Waals surface area contributed by atoms with Crippen LogP contribution in [-0.2, 0) is 13.0 Å². The van der Waals surface area contributed by atoms with E-state index in [1.54, 1.807) is 10.8 Å². The normalized spacial score (nSPS) is 20.1. The zero-order valence-electron chi connectivity index (χ0n) is 9.62. The van der Waals surface area contributed by atoms with Gasteiger partial charge in [-0.3, -0.25) is 4.79 Å². The summed E-state index contributed by atoms with van der Waals surface area (Å²) in [6.45, 7) is 1.32. The van der Waals surface area contributed by atoms with Crippen LogP contribution in [0.25, 0.3) is 0 Å². The molecule has 17 heavy (non-hydrogen) atoms. The fraction of sp³-hybridized carbons (Fsp3) is 0.636. The maximum Gasteiger partial charge on any atom is 0.284 e. The van der Waals surface area contributed by atoms with Crippen molar-refractivity contribution in [2.24, 2.45) is 11.7 Å². The Hall–Kier alpha value is -1.46. The molecule has 0 fully saturated rings. The largest absolute Gasteiger partial charge is 0.363 e. The summed E-state index contributed by atoms with van der Waals surface area (Å²) in [4.78, 5) is 15.0. The third-order valence-electron chi connectivity index (χ3n) is 3.06. The number of amides is 1. The van der Waals surface area contributed by atoms with E-state index in [1.807, 2.05) is 0 Å². The average molecular weight is 243 g/mol. The number of hydrogen-bond donors (Lipinski definition) is 1. The summed E-state index contributed by atoms with van der Waals surface area (Å²) in [6.07, 6.45) is 2.80. The van der Waals surface area contributed by atoms with Crippen molar-refractivity contribution in [2.45, 2.75) is 38.7 Å². The number of primary amides is 1. The molecule has 2 N–H and O–H groups in total. The number of nitrogens with zero attached hydrogens (tertiary/aromatic N) is 2. The molecule has 1 aromatic rings. The van der Waals surface area contributed by atoms with Crippen LogP contribution in [0.1, 0.15) is 36.1 Å². The maximum absolute atomic E-state index is 13.0. The Morgan fingerprint density at radius 3 is 3.00 bits per heavy atom. The maximum atomic E-state index is 13.0. The van der Waals surface area contributed by atoms with Gasteiger partial charge in [0.2, 0.25) is 5.92 Å². The van der Waals surface area contributed by atoms with E-state index >= 15 is 0 Å². The van der Waals surface area contributed by atoms with Gasteiger partial charge >= 0.3 is 0 Å². The molecule has 4 nitrogen and oxygen atoms in total. The van der Waals surface area contributed by atoms with Gasteiger partial charge in [-0.15, -0.1) is 0 Å². The van der Waals surface area contributed by atoms with Gasteiger partial charge in [-0.1, -0.05) is 0 Å². The second-order valence-corrected chi connectivity index (χ2v) is 4.73. The van der Waals surface area contributed by atoms with Crippen LogP contribution in [-0.4, -0.2) is 21.4 Å². The zero-order valence-corrected chi connectivity index (χ0v) is 9.62. The number of carbonyl (C=O) groups is 1. The van der Waals surface area contributed by atoms with Crippen LogP contribution in [0.5, 0.6) is 0 Å². The molecule has 6 heteroatoms. The predicted molar refractivity (Wildman–Crippen MR) is 57.8 cm³/mol. The Balaban J connectivity index is 2.17. The Morgan fingerprint density at radius 1 is 1.71 bits per heavy atom. The van der Waals surface area contributed by atoms with Crippen molar-refractivity contribution in [3.63, 3.8) is 0 Å². The number of fused-ring (bicyclic) bond motifs is 1. The highest BCUT2D eigenvalue weighted by molar-refractivity contribution is 5.89. The molecule has 0 aliphatic carbocycles. The van der Waals surface area contributed by atoms with Gasteiger partial charge in [0.05, 0.1) is 0 Å². The molecule has 1 aliphatic rings. The number of aromatic nitrogens is 2. The van der Waals surface area contributed by atoms with Crippen LogP contribution in [0.3, 0.4) is 0 Å². The number of nitrogens with two attached hydrogens (primary N) is 1. The second-order valence-electron chi connectivity index (χ2n) is 4.73. The molecule has 0 saturated heterocycles. The molecular weight excluding hydrogens is 228 g/mol. The van der Waals surface area contributed by atoms with Gasteiger partial charge in [0.1, 0.15) is 0 Å². The topological polar surface area (TPSA) is 60.9 Å². The first-order chi connectivity index (χ1) is 7.87. The van der Waals surface area contributed by atoms with Crippen molar-refractivity contribution in [2.75, 3.05) is 0 Å². The Morgan fingerprint density at radius 2 is 2.41 bits per heavy atom. The Kier molecular flexibility index (Phi) is 2.89. The zero-order chi connectivity index (χ0) is 12.6. The van der Waals surface area contributed by atoms with E-state index in [0.717, 1.165) is 12.6 Å². The van der Waals surface area contributed by atoms with Crippen molar-refractivity contribution in [3.05, 3.63) is 17.7 Å². The molecule has 94 valence electrons. The van der Waals surface area contributed by atoms with Crippen LogP contribution < -0.4 is 5.73 Å². The number of carbonyl (C=O) groups excluding carboxylic acids is 1. The lowest BCUT2D eigenvalue weighted by molar-refractivity contribution is -0.00864. The quantitative estimate of drug-likeness (QED) is 0.876. The molecule has 1 aromatic heterocycles. The lowest BCUT2D eigenvalue weighted by atomic mass is 9.92. The molecular formula is C11H15F2N3O. The first kappa shape index (κ1) is 12.0. The molecule has 1 amide bonds. The standard InChI is InChI=1S/C11H15F2N3O/c1-11(12,13)4-7-2-3-8-5-15-10(9(14)17)16(8)6-7/h5,7H,2-4,6H2,1H3,(H2,14,17). The lowest BCUT2D eigenvalue weighted by Crippen LogP contribution is -2.28. The minimum atomic E-state index is -2.67. The van der Waals surface area contributed by atoms with Gasteiger partial charge in [-0.2, -0.15) is 0 Å². The van der Waals surface area contributed by atoms with Crippen LogP contribution in [0.15, 0.2) is 6.20 Å². The van der Waals surface area contributed by atoms with Gasteiger partial charge in [-0.05, 0) is 25.7 Å². The summed E-state index contributed by atoms with van der Waals surface area (Å²) in [6, 6.07) is 0. The van der Waals surface area contributed by atoms with Gasteiger partial charge < -0.3 is 10.3 Å². The lowest BCUT2D eigenvalue weighted by Gasteiger charge is -2.27. The van der Waals surface area contributed by atoms with Gasteiger partial charge in [-0.25, -0.2) is 13.8 Å². The SMILES string of the molecule is CC(F)(F)CC1CCc2cnc(C(N)=O)n2C1. The number of alkyl halides is 2. The smallest absolute Gasteiger partial charge is 0.284 e. The van der Waals surface area contributed by atoms with E-state index in [9.17, 15) is 13.6 Å². The summed E-state index contributed by atoms with van der Waals surface area (Å²) in [7, 11) is 0.